The van der Waals surface area contributed by atoms with Gasteiger partial charge in [0, 0.05) is 0 Å². The molecule has 0 heterocycles. The number of hydrogen-bond acceptors (Lipinski definition) is 1. The Bertz CT molecular complexity index is 398. The predicted octanol–water partition coefficient (Wildman–Crippen LogP) is 5.98. The molecular formula is C18H32ClGeN. The molecule has 120 valence electrons. The molecule has 0 aliphatic carbocycles. The predicted molar refractivity (Wildman–Crippen MR) is 100 cm³/mol. The van der Waals surface area contributed by atoms with E-state index in [1.165, 1.54) is 58.7 Å². The Hall–Kier alpha value is -0.147. The Kier molecular flexibility index (Phi) is 8.81. The van der Waals surface area contributed by atoms with Crippen molar-refractivity contribution in [2.45, 2.75) is 75.1 Å². The van der Waals surface area contributed by atoms with Crippen molar-refractivity contribution >= 4 is 35.0 Å². The van der Waals surface area contributed by atoms with Crippen LogP contribution in [-0.4, -0.2) is 13.3 Å². The van der Waals surface area contributed by atoms with E-state index in [1.54, 1.807) is 0 Å². The van der Waals surface area contributed by atoms with Crippen molar-refractivity contribution in [1.29, 1.82) is 0 Å². The molecule has 0 saturated carbocycles. The van der Waals surface area contributed by atoms with Crippen molar-refractivity contribution in [3.8, 4) is 0 Å². The normalized spacial score (nSPS) is 11.8. The van der Waals surface area contributed by atoms with Crippen LogP contribution in [0.3, 0.4) is 0 Å². The molecule has 0 aliphatic heterocycles. The summed E-state index contributed by atoms with van der Waals surface area (Å²) >= 11 is 4.20. The van der Waals surface area contributed by atoms with Crippen LogP contribution in [0, 0.1) is 0 Å². The first-order valence-electron chi connectivity index (χ1n) is 8.65. The van der Waals surface area contributed by atoms with E-state index in [0.29, 0.717) is 0 Å². The number of anilines is 1. The maximum absolute atomic E-state index is 6.40. The van der Waals surface area contributed by atoms with Gasteiger partial charge in [0.2, 0.25) is 0 Å². The summed E-state index contributed by atoms with van der Waals surface area (Å²) in [6, 6.07) is 6.34. The van der Waals surface area contributed by atoms with E-state index in [2.05, 4.69) is 32.9 Å². The minimum absolute atomic E-state index is 0.756. The van der Waals surface area contributed by atoms with Crippen molar-refractivity contribution < 1.29 is 0 Å². The Morgan fingerprint density at radius 2 is 1.38 bits per heavy atom. The SMILES string of the molecule is CCC[CH2][Ge]([CH2]CCC)([CH2]CCC)[c]1cccc(Cl)c1N. The molecule has 0 saturated heterocycles. The van der Waals surface area contributed by atoms with Crippen LogP contribution in [-0.2, 0) is 0 Å². The average Bonchev–Trinajstić information content (AvgIpc) is 2.50. The van der Waals surface area contributed by atoms with Crippen LogP contribution in [0.15, 0.2) is 18.2 Å². The molecule has 0 unspecified atom stereocenters. The Labute approximate surface area is 139 Å². The van der Waals surface area contributed by atoms with E-state index < -0.39 is 13.3 Å². The van der Waals surface area contributed by atoms with E-state index in [9.17, 15) is 0 Å². The van der Waals surface area contributed by atoms with Gasteiger partial charge in [0.15, 0.2) is 0 Å². The first-order valence-corrected chi connectivity index (χ1v) is 14.5. The Morgan fingerprint density at radius 3 is 1.81 bits per heavy atom. The van der Waals surface area contributed by atoms with Crippen LogP contribution in [0.5, 0.6) is 0 Å². The zero-order valence-electron chi connectivity index (χ0n) is 14.1. The van der Waals surface area contributed by atoms with Gasteiger partial charge in [0.05, 0.1) is 0 Å². The molecule has 1 rings (SSSR count). The van der Waals surface area contributed by atoms with Gasteiger partial charge in [-0.25, -0.2) is 0 Å². The van der Waals surface area contributed by atoms with E-state index in [1.807, 2.05) is 6.07 Å². The molecule has 1 aromatic carbocycles. The molecule has 1 aromatic rings. The molecule has 0 fully saturated rings. The number of benzene rings is 1. The zero-order valence-corrected chi connectivity index (χ0v) is 16.9. The summed E-state index contributed by atoms with van der Waals surface area (Å²) in [5.74, 6) is 0. The number of nitrogen functional groups attached to an aromatic ring is 1. The van der Waals surface area contributed by atoms with Crippen LogP contribution < -0.4 is 10.1 Å². The molecule has 0 spiro atoms. The third-order valence-corrected chi connectivity index (χ3v) is 16.5. The van der Waals surface area contributed by atoms with Gasteiger partial charge < -0.3 is 0 Å². The fraction of sp³-hybridized carbons (Fsp3) is 0.667. The monoisotopic (exact) mass is 371 g/mol. The fourth-order valence-corrected chi connectivity index (χ4v) is 15.8. The Morgan fingerprint density at radius 1 is 0.905 bits per heavy atom. The van der Waals surface area contributed by atoms with Crippen molar-refractivity contribution in [1.82, 2.24) is 0 Å². The van der Waals surface area contributed by atoms with Gasteiger partial charge in [-0.05, 0) is 0 Å². The van der Waals surface area contributed by atoms with Crippen LogP contribution >= 0.6 is 11.6 Å². The number of hydrogen-bond donors (Lipinski definition) is 1. The van der Waals surface area contributed by atoms with Crippen LogP contribution in [0.4, 0.5) is 5.69 Å². The standard InChI is InChI=1S/C18H32ClGeN/c1-4-7-13-20(14-8-5-2,15-9-6-3)17-12-10-11-16(19)18(17)21/h10-12H,4-9,13-15,21H2,1-3H3. The molecule has 21 heavy (non-hydrogen) atoms. The van der Waals surface area contributed by atoms with Gasteiger partial charge in [-0.15, -0.1) is 0 Å². The fourth-order valence-electron chi connectivity index (χ4n) is 3.32. The van der Waals surface area contributed by atoms with E-state index in [0.717, 1.165) is 10.7 Å². The number of para-hydroxylation sites is 1. The van der Waals surface area contributed by atoms with Gasteiger partial charge in [-0.1, -0.05) is 0 Å². The Balaban J connectivity index is 3.19. The number of rotatable bonds is 10. The molecule has 0 atom stereocenters. The number of halogens is 1. The minimum atomic E-state index is -2.13. The topological polar surface area (TPSA) is 26.0 Å². The molecule has 2 N–H and O–H groups in total. The molecule has 0 bridgehead atoms. The molecular weight excluding hydrogens is 338 g/mol. The second-order valence-corrected chi connectivity index (χ2v) is 16.3. The van der Waals surface area contributed by atoms with E-state index in [-0.39, 0.29) is 0 Å². The third-order valence-electron chi connectivity index (χ3n) is 4.65. The zero-order chi connectivity index (χ0) is 15.7. The third kappa shape index (κ3) is 5.21. The van der Waals surface area contributed by atoms with Crippen LogP contribution in [0.2, 0.25) is 20.8 Å². The summed E-state index contributed by atoms with van der Waals surface area (Å²) in [6.45, 7) is 6.90. The molecule has 0 aromatic heterocycles. The van der Waals surface area contributed by atoms with Crippen molar-refractivity contribution in [3.05, 3.63) is 23.2 Å². The van der Waals surface area contributed by atoms with Gasteiger partial charge >= 0.3 is 139 Å². The molecule has 0 radical (unpaired) electrons. The van der Waals surface area contributed by atoms with Gasteiger partial charge in [0.1, 0.15) is 0 Å². The first kappa shape index (κ1) is 18.9. The summed E-state index contributed by atoms with van der Waals surface area (Å²) in [6.07, 6.45) is 7.89. The summed E-state index contributed by atoms with van der Waals surface area (Å²) in [7, 11) is 0. The van der Waals surface area contributed by atoms with Gasteiger partial charge in [-0.3, -0.25) is 0 Å². The van der Waals surface area contributed by atoms with Crippen molar-refractivity contribution in [2.75, 3.05) is 5.73 Å². The number of nitrogens with two attached hydrogens (primary N) is 1. The molecule has 0 amide bonds. The van der Waals surface area contributed by atoms with Gasteiger partial charge in [0.25, 0.3) is 0 Å². The van der Waals surface area contributed by atoms with Crippen LogP contribution in [0.1, 0.15) is 59.3 Å². The second kappa shape index (κ2) is 9.79. The molecule has 0 aliphatic rings. The van der Waals surface area contributed by atoms with Gasteiger partial charge in [-0.2, -0.15) is 0 Å². The van der Waals surface area contributed by atoms with Crippen molar-refractivity contribution in [3.63, 3.8) is 0 Å². The quantitative estimate of drug-likeness (QED) is 0.398. The summed E-state index contributed by atoms with van der Waals surface area (Å²) in [5.41, 5.74) is 7.29. The summed E-state index contributed by atoms with van der Waals surface area (Å²) < 4.78 is 1.48. The summed E-state index contributed by atoms with van der Waals surface area (Å²) in [4.78, 5) is 0. The van der Waals surface area contributed by atoms with Crippen LogP contribution in [0.25, 0.3) is 0 Å². The summed E-state index contributed by atoms with van der Waals surface area (Å²) in [5, 5.41) is 5.01. The first-order chi connectivity index (χ1) is 10.1. The second-order valence-electron chi connectivity index (χ2n) is 6.29. The van der Waals surface area contributed by atoms with Crippen molar-refractivity contribution in [2.24, 2.45) is 0 Å². The maximum atomic E-state index is 6.40. The van der Waals surface area contributed by atoms with E-state index in [4.69, 9.17) is 17.3 Å². The average molecular weight is 371 g/mol. The van der Waals surface area contributed by atoms with E-state index >= 15 is 0 Å². The number of unbranched alkanes of at least 4 members (excludes halogenated alkanes) is 3. The molecule has 3 heteroatoms. The molecule has 1 nitrogen and oxygen atoms in total.